The Morgan fingerprint density at radius 1 is 1.03 bits per heavy atom. The Hall–Kier alpha value is -3.84. The molecule has 0 bridgehead atoms. The zero-order valence-electron chi connectivity index (χ0n) is 17.3. The number of carbonyl (C=O) groups is 1. The van der Waals surface area contributed by atoms with E-state index < -0.39 is 0 Å². The van der Waals surface area contributed by atoms with Crippen LogP contribution >= 0.6 is 15.9 Å². The lowest BCUT2D eigenvalue weighted by molar-refractivity contribution is -0.111. The molecular formula is C25H20BrN5O. The van der Waals surface area contributed by atoms with Gasteiger partial charge in [0.25, 0.3) is 0 Å². The highest BCUT2D eigenvalue weighted by atomic mass is 79.9. The standard InChI is InChI=1S/C25H20BrN5O/c1-17-8-10-20(29-24(32)11-9-18-5-2-3-7-21(18)26)15-23(17)31-25-28-14-12-22(30-25)19-6-4-13-27-16-19/h2-16H,1H3,(H,29,32)(H,28,30,31). The number of amides is 1. The maximum absolute atomic E-state index is 12.4. The van der Waals surface area contributed by atoms with Crippen molar-refractivity contribution in [3.8, 4) is 11.3 Å². The molecule has 0 aliphatic heterocycles. The first-order chi connectivity index (χ1) is 15.6. The van der Waals surface area contributed by atoms with E-state index in [1.54, 1.807) is 24.7 Å². The molecule has 0 fully saturated rings. The summed E-state index contributed by atoms with van der Waals surface area (Å²) in [6.07, 6.45) is 8.46. The molecule has 0 unspecified atom stereocenters. The van der Waals surface area contributed by atoms with Gasteiger partial charge in [-0.05, 0) is 60.5 Å². The minimum Gasteiger partial charge on any atom is -0.324 e. The van der Waals surface area contributed by atoms with Crippen molar-refractivity contribution in [2.24, 2.45) is 0 Å². The fourth-order valence-corrected chi connectivity index (χ4v) is 3.43. The molecule has 4 aromatic rings. The molecule has 0 saturated carbocycles. The summed E-state index contributed by atoms with van der Waals surface area (Å²) in [6.45, 7) is 1.98. The molecule has 0 aliphatic carbocycles. The molecule has 7 heteroatoms. The molecule has 1 amide bonds. The van der Waals surface area contributed by atoms with E-state index >= 15 is 0 Å². The molecule has 2 aromatic heterocycles. The smallest absolute Gasteiger partial charge is 0.248 e. The van der Waals surface area contributed by atoms with E-state index in [0.717, 1.165) is 32.5 Å². The Balaban J connectivity index is 1.49. The van der Waals surface area contributed by atoms with Crippen LogP contribution in [0.2, 0.25) is 0 Å². The molecule has 0 spiro atoms. The Morgan fingerprint density at radius 3 is 2.72 bits per heavy atom. The quantitative estimate of drug-likeness (QED) is 0.327. The molecular weight excluding hydrogens is 466 g/mol. The summed E-state index contributed by atoms with van der Waals surface area (Å²) < 4.78 is 0.930. The number of carbonyl (C=O) groups excluding carboxylic acids is 1. The van der Waals surface area contributed by atoms with E-state index in [4.69, 9.17) is 0 Å². The van der Waals surface area contributed by atoms with Crippen molar-refractivity contribution in [3.63, 3.8) is 0 Å². The number of halogens is 1. The minimum atomic E-state index is -0.217. The second-order valence-corrected chi connectivity index (χ2v) is 7.86. The van der Waals surface area contributed by atoms with Crippen LogP contribution in [0.25, 0.3) is 17.3 Å². The Bertz CT molecular complexity index is 1270. The van der Waals surface area contributed by atoms with Crippen LogP contribution in [0.5, 0.6) is 0 Å². The van der Waals surface area contributed by atoms with E-state index in [0.29, 0.717) is 11.6 Å². The van der Waals surface area contributed by atoms with Gasteiger partial charge in [-0.25, -0.2) is 9.97 Å². The molecule has 2 aromatic carbocycles. The Morgan fingerprint density at radius 2 is 1.91 bits per heavy atom. The van der Waals surface area contributed by atoms with Gasteiger partial charge >= 0.3 is 0 Å². The Labute approximate surface area is 194 Å². The van der Waals surface area contributed by atoms with E-state index in [-0.39, 0.29) is 5.91 Å². The molecule has 2 heterocycles. The number of nitrogens with zero attached hydrogens (tertiary/aromatic N) is 3. The first-order valence-corrected chi connectivity index (χ1v) is 10.7. The zero-order chi connectivity index (χ0) is 22.3. The van der Waals surface area contributed by atoms with Crippen LogP contribution < -0.4 is 10.6 Å². The number of aromatic nitrogens is 3. The zero-order valence-corrected chi connectivity index (χ0v) is 18.9. The summed E-state index contributed by atoms with van der Waals surface area (Å²) in [4.78, 5) is 25.4. The van der Waals surface area contributed by atoms with Crippen molar-refractivity contribution in [1.82, 2.24) is 15.0 Å². The van der Waals surface area contributed by atoms with Gasteiger partial charge in [-0.3, -0.25) is 9.78 Å². The summed E-state index contributed by atoms with van der Waals surface area (Å²) in [5.41, 5.74) is 5.09. The maximum Gasteiger partial charge on any atom is 0.248 e. The van der Waals surface area contributed by atoms with Crippen LogP contribution in [-0.2, 0) is 4.79 Å². The number of nitrogens with one attached hydrogen (secondary N) is 2. The fraction of sp³-hybridized carbons (Fsp3) is 0.0400. The van der Waals surface area contributed by atoms with E-state index in [1.807, 2.05) is 67.6 Å². The lowest BCUT2D eigenvalue weighted by Crippen LogP contribution is -2.08. The van der Waals surface area contributed by atoms with Gasteiger partial charge in [0, 0.05) is 46.1 Å². The lowest BCUT2D eigenvalue weighted by atomic mass is 10.1. The van der Waals surface area contributed by atoms with Gasteiger partial charge in [-0.1, -0.05) is 40.2 Å². The predicted molar refractivity (Wildman–Crippen MR) is 132 cm³/mol. The lowest BCUT2D eigenvalue weighted by Gasteiger charge is -2.11. The fourth-order valence-electron chi connectivity index (χ4n) is 3.01. The SMILES string of the molecule is Cc1ccc(NC(=O)C=Cc2ccccc2Br)cc1Nc1nccc(-c2cccnc2)n1. The summed E-state index contributed by atoms with van der Waals surface area (Å²) in [5, 5.41) is 6.14. The number of pyridine rings is 1. The highest BCUT2D eigenvalue weighted by Gasteiger charge is 2.07. The van der Waals surface area contributed by atoms with Crippen molar-refractivity contribution in [3.05, 3.63) is 101 Å². The molecule has 158 valence electrons. The molecule has 0 radical (unpaired) electrons. The van der Waals surface area contributed by atoms with Gasteiger partial charge in [0.2, 0.25) is 11.9 Å². The van der Waals surface area contributed by atoms with Gasteiger partial charge < -0.3 is 10.6 Å². The summed E-state index contributed by atoms with van der Waals surface area (Å²) in [6, 6.07) is 19.0. The molecule has 6 nitrogen and oxygen atoms in total. The highest BCUT2D eigenvalue weighted by molar-refractivity contribution is 9.10. The monoisotopic (exact) mass is 485 g/mol. The second-order valence-electron chi connectivity index (χ2n) is 7.01. The normalized spacial score (nSPS) is 10.8. The van der Waals surface area contributed by atoms with E-state index in [9.17, 15) is 4.79 Å². The van der Waals surface area contributed by atoms with Gasteiger partial charge in [0.1, 0.15) is 0 Å². The van der Waals surface area contributed by atoms with Crippen molar-refractivity contribution >= 4 is 45.2 Å². The number of benzene rings is 2. The number of hydrogen-bond donors (Lipinski definition) is 2. The molecule has 4 rings (SSSR count). The largest absolute Gasteiger partial charge is 0.324 e. The van der Waals surface area contributed by atoms with Gasteiger partial charge in [-0.2, -0.15) is 0 Å². The molecule has 2 N–H and O–H groups in total. The second kappa shape index (κ2) is 9.98. The first-order valence-electron chi connectivity index (χ1n) is 9.93. The van der Waals surface area contributed by atoms with E-state index in [1.165, 1.54) is 6.08 Å². The van der Waals surface area contributed by atoms with Crippen molar-refractivity contribution in [2.75, 3.05) is 10.6 Å². The number of rotatable bonds is 6. The third-order valence-electron chi connectivity index (χ3n) is 4.68. The topological polar surface area (TPSA) is 79.8 Å². The van der Waals surface area contributed by atoms with Gasteiger partial charge in [-0.15, -0.1) is 0 Å². The molecule has 0 saturated heterocycles. The third kappa shape index (κ3) is 5.44. The molecule has 32 heavy (non-hydrogen) atoms. The summed E-state index contributed by atoms with van der Waals surface area (Å²) >= 11 is 3.48. The van der Waals surface area contributed by atoms with Crippen LogP contribution in [0.4, 0.5) is 17.3 Å². The Kier molecular flexibility index (Phi) is 6.67. The van der Waals surface area contributed by atoms with Crippen LogP contribution in [-0.4, -0.2) is 20.9 Å². The summed E-state index contributed by atoms with van der Waals surface area (Å²) in [5.74, 6) is 0.247. The van der Waals surface area contributed by atoms with Gasteiger partial charge in [0.05, 0.1) is 5.69 Å². The minimum absolute atomic E-state index is 0.217. The molecule has 0 atom stereocenters. The average molecular weight is 486 g/mol. The van der Waals surface area contributed by atoms with Crippen LogP contribution in [0.3, 0.4) is 0 Å². The van der Waals surface area contributed by atoms with E-state index in [2.05, 4.69) is 41.5 Å². The van der Waals surface area contributed by atoms with Crippen LogP contribution in [0.15, 0.2) is 89.8 Å². The first kappa shape index (κ1) is 21.4. The number of aryl methyl sites for hydroxylation is 1. The van der Waals surface area contributed by atoms with Crippen LogP contribution in [0, 0.1) is 6.92 Å². The number of anilines is 3. The van der Waals surface area contributed by atoms with Crippen molar-refractivity contribution < 1.29 is 4.79 Å². The third-order valence-corrected chi connectivity index (χ3v) is 5.41. The predicted octanol–water partition coefficient (Wildman–Crippen LogP) is 6.01. The number of hydrogen-bond acceptors (Lipinski definition) is 5. The van der Waals surface area contributed by atoms with Gasteiger partial charge in [0.15, 0.2) is 0 Å². The molecule has 0 aliphatic rings. The van der Waals surface area contributed by atoms with Crippen molar-refractivity contribution in [2.45, 2.75) is 6.92 Å². The average Bonchev–Trinajstić information content (AvgIpc) is 2.81. The maximum atomic E-state index is 12.4. The van der Waals surface area contributed by atoms with Crippen LogP contribution in [0.1, 0.15) is 11.1 Å². The van der Waals surface area contributed by atoms with Crippen molar-refractivity contribution in [1.29, 1.82) is 0 Å². The summed E-state index contributed by atoms with van der Waals surface area (Å²) in [7, 11) is 0. The highest BCUT2D eigenvalue weighted by Crippen LogP contribution is 2.24.